The minimum atomic E-state index is -1.36. The molecule has 3 aromatic rings. The first kappa shape index (κ1) is 34.8. The number of carbonyl (C=O) groups is 3. The van der Waals surface area contributed by atoms with Crippen LogP contribution in [0, 0.1) is 11.3 Å². The summed E-state index contributed by atoms with van der Waals surface area (Å²) < 4.78 is 39.6. The van der Waals surface area contributed by atoms with Gasteiger partial charge in [0.2, 0.25) is 18.6 Å². The fraction of sp³-hybridized carbons (Fsp3) is 0.395. The fourth-order valence-corrected chi connectivity index (χ4v) is 6.89. The molecule has 0 unspecified atom stereocenters. The van der Waals surface area contributed by atoms with Gasteiger partial charge in [0.25, 0.3) is 0 Å². The van der Waals surface area contributed by atoms with Crippen molar-refractivity contribution in [3.05, 3.63) is 95.2 Å². The number of benzene rings is 3. The van der Waals surface area contributed by atoms with Crippen molar-refractivity contribution in [2.45, 2.75) is 51.7 Å². The molecule has 264 valence electrons. The summed E-state index contributed by atoms with van der Waals surface area (Å²) in [6, 6.07) is 20.6. The van der Waals surface area contributed by atoms with Gasteiger partial charge in [-0.2, -0.15) is 0 Å². The normalized spacial score (nSPS) is 22.3. The first-order chi connectivity index (χ1) is 24.2. The molecule has 50 heavy (non-hydrogen) atoms. The number of ether oxygens (including phenoxy) is 7. The summed E-state index contributed by atoms with van der Waals surface area (Å²) >= 11 is 0. The number of methoxy groups -OCH3 is 3. The summed E-state index contributed by atoms with van der Waals surface area (Å²) in [5.74, 6) is 0.276. The van der Waals surface area contributed by atoms with Crippen LogP contribution in [0.1, 0.15) is 36.5 Å². The van der Waals surface area contributed by atoms with Crippen LogP contribution in [0.15, 0.2) is 78.5 Å². The predicted octanol–water partition coefficient (Wildman–Crippen LogP) is 4.53. The topological polar surface area (TPSA) is 131 Å². The third kappa shape index (κ3) is 7.12. The van der Waals surface area contributed by atoms with Crippen molar-refractivity contribution in [2.24, 2.45) is 11.3 Å². The van der Waals surface area contributed by atoms with Gasteiger partial charge in [0.1, 0.15) is 11.5 Å². The Kier molecular flexibility index (Phi) is 10.6. The van der Waals surface area contributed by atoms with E-state index in [1.54, 1.807) is 50.3 Å². The van der Waals surface area contributed by atoms with E-state index in [-0.39, 0.29) is 51.1 Å². The second-order valence-electron chi connectivity index (χ2n) is 12.5. The fourth-order valence-electron chi connectivity index (χ4n) is 6.89. The Bertz CT molecular complexity index is 1740. The maximum Gasteiger partial charge on any atom is 0.320 e. The quantitative estimate of drug-likeness (QED) is 0.256. The first-order valence-corrected chi connectivity index (χ1v) is 16.5. The average Bonchev–Trinajstić information content (AvgIpc) is 3.61. The van der Waals surface area contributed by atoms with Crippen molar-refractivity contribution in [2.75, 3.05) is 34.7 Å². The molecule has 1 fully saturated rings. The summed E-state index contributed by atoms with van der Waals surface area (Å²) in [5.41, 5.74) is 1.68. The van der Waals surface area contributed by atoms with E-state index < -0.39 is 29.5 Å². The number of piperidine rings is 1. The number of amides is 2. The van der Waals surface area contributed by atoms with E-state index in [1.165, 1.54) is 7.11 Å². The summed E-state index contributed by atoms with van der Waals surface area (Å²) in [7, 11) is 4.41. The Balaban J connectivity index is 1.27. The number of rotatable bonds is 13. The molecule has 0 saturated carbocycles. The SMILES string of the molecule is COC(=O)[C@]12C[C@H](CC(=O)NCc3ccc(OC)c(OC)c3)C(=O)N(Cc3ccc4c(c3)OCO4)C1=C[C@H](COCc1ccccc1)O[C@@H]2C. The summed E-state index contributed by atoms with van der Waals surface area (Å²) in [5, 5.41) is 2.92. The van der Waals surface area contributed by atoms with E-state index >= 15 is 0 Å². The number of hydrogen-bond donors (Lipinski definition) is 1. The highest BCUT2D eigenvalue weighted by atomic mass is 16.7. The molecular weight excluding hydrogens is 644 g/mol. The third-order valence-corrected chi connectivity index (χ3v) is 9.44. The standard InChI is InChI=1S/C38H42N2O10/c1-24-38(37(43)46-4)18-28(16-35(41)39-19-26-10-12-30(44-2)32(14-26)45-3)36(42)40(20-27-11-13-31-33(15-27)49-23-48-31)34(38)17-29(50-24)22-47-21-25-8-6-5-7-9-25/h5-15,17,24,28-29H,16,18-23H2,1-4H3,(H,39,41)/t24-,28+,29-,38+/m1/s1. The highest BCUT2D eigenvalue weighted by molar-refractivity contribution is 5.92. The molecule has 1 N–H and O–H groups in total. The number of nitrogens with zero attached hydrogens (tertiary/aromatic N) is 1. The molecule has 0 aromatic heterocycles. The Hall–Kier alpha value is -5.07. The molecule has 6 rings (SSSR count). The molecule has 3 aliphatic rings. The smallest absolute Gasteiger partial charge is 0.320 e. The van der Waals surface area contributed by atoms with Crippen LogP contribution in [0.25, 0.3) is 0 Å². The minimum absolute atomic E-state index is 0.0323. The van der Waals surface area contributed by atoms with Gasteiger partial charge in [0.05, 0.1) is 47.2 Å². The summed E-state index contributed by atoms with van der Waals surface area (Å²) in [6.45, 7) is 2.82. The van der Waals surface area contributed by atoms with E-state index in [2.05, 4.69) is 5.32 Å². The lowest BCUT2D eigenvalue weighted by Crippen LogP contribution is -2.60. The van der Waals surface area contributed by atoms with E-state index in [0.29, 0.717) is 35.3 Å². The Labute approximate surface area is 291 Å². The summed E-state index contributed by atoms with van der Waals surface area (Å²) in [6.07, 6.45) is 0.427. The zero-order chi connectivity index (χ0) is 35.3. The Morgan fingerprint density at radius 3 is 2.44 bits per heavy atom. The van der Waals surface area contributed by atoms with Gasteiger partial charge in [-0.3, -0.25) is 14.4 Å². The minimum Gasteiger partial charge on any atom is -0.493 e. The van der Waals surface area contributed by atoms with Crippen molar-refractivity contribution >= 4 is 17.8 Å². The second kappa shape index (κ2) is 15.2. The van der Waals surface area contributed by atoms with Crippen LogP contribution >= 0.6 is 0 Å². The lowest BCUT2D eigenvalue weighted by atomic mass is 9.66. The van der Waals surface area contributed by atoms with Gasteiger partial charge in [-0.15, -0.1) is 0 Å². The van der Waals surface area contributed by atoms with Crippen molar-refractivity contribution in [1.29, 1.82) is 0 Å². The molecule has 0 spiro atoms. The largest absolute Gasteiger partial charge is 0.493 e. The van der Waals surface area contributed by atoms with Crippen LogP contribution < -0.4 is 24.3 Å². The number of hydrogen-bond acceptors (Lipinski definition) is 10. The lowest BCUT2D eigenvalue weighted by molar-refractivity contribution is -0.178. The number of nitrogens with one attached hydrogen (secondary N) is 1. The number of likely N-dealkylation sites (tertiary alicyclic amines) is 1. The van der Waals surface area contributed by atoms with Gasteiger partial charge in [-0.25, -0.2) is 0 Å². The molecule has 0 aliphatic carbocycles. The molecular formula is C38H42N2O10. The third-order valence-electron chi connectivity index (χ3n) is 9.44. The van der Waals surface area contributed by atoms with Gasteiger partial charge in [0.15, 0.2) is 23.0 Å². The van der Waals surface area contributed by atoms with E-state index in [0.717, 1.165) is 16.7 Å². The Morgan fingerprint density at radius 1 is 0.920 bits per heavy atom. The van der Waals surface area contributed by atoms with Gasteiger partial charge >= 0.3 is 5.97 Å². The molecule has 0 radical (unpaired) electrons. The van der Waals surface area contributed by atoms with E-state index in [4.69, 9.17) is 33.2 Å². The highest BCUT2D eigenvalue weighted by Gasteiger charge is 2.59. The van der Waals surface area contributed by atoms with Gasteiger partial charge < -0.3 is 43.4 Å². The number of fused-ring (bicyclic) bond motifs is 2. The zero-order valence-corrected chi connectivity index (χ0v) is 28.6. The molecule has 1 saturated heterocycles. The van der Waals surface area contributed by atoms with Gasteiger partial charge in [-0.1, -0.05) is 42.5 Å². The van der Waals surface area contributed by atoms with Crippen molar-refractivity contribution < 1.29 is 47.5 Å². The number of carbonyl (C=O) groups excluding carboxylic acids is 3. The molecule has 12 heteroatoms. The maximum atomic E-state index is 14.4. The zero-order valence-electron chi connectivity index (χ0n) is 28.6. The van der Waals surface area contributed by atoms with Crippen LogP contribution in [0.3, 0.4) is 0 Å². The average molecular weight is 687 g/mol. The molecule has 3 heterocycles. The van der Waals surface area contributed by atoms with E-state index in [9.17, 15) is 14.4 Å². The second-order valence-corrected chi connectivity index (χ2v) is 12.5. The number of esters is 1. The van der Waals surface area contributed by atoms with Crippen LogP contribution in [0.2, 0.25) is 0 Å². The molecule has 0 bridgehead atoms. The van der Waals surface area contributed by atoms with Crippen LogP contribution in [-0.4, -0.2) is 69.6 Å². The van der Waals surface area contributed by atoms with E-state index in [1.807, 2.05) is 48.5 Å². The molecule has 3 aliphatic heterocycles. The Morgan fingerprint density at radius 2 is 1.68 bits per heavy atom. The maximum absolute atomic E-state index is 14.4. The van der Waals surface area contributed by atoms with Crippen molar-refractivity contribution in [3.8, 4) is 23.0 Å². The predicted molar refractivity (Wildman–Crippen MR) is 180 cm³/mol. The van der Waals surface area contributed by atoms with Crippen molar-refractivity contribution in [3.63, 3.8) is 0 Å². The highest BCUT2D eigenvalue weighted by Crippen LogP contribution is 2.51. The summed E-state index contributed by atoms with van der Waals surface area (Å²) in [4.78, 5) is 43.3. The van der Waals surface area contributed by atoms with Crippen LogP contribution in [-0.2, 0) is 48.3 Å². The molecule has 2 amide bonds. The first-order valence-electron chi connectivity index (χ1n) is 16.5. The van der Waals surface area contributed by atoms with Gasteiger partial charge in [-0.05, 0) is 60.4 Å². The molecule has 12 nitrogen and oxygen atoms in total. The van der Waals surface area contributed by atoms with Crippen molar-refractivity contribution in [1.82, 2.24) is 10.2 Å². The monoisotopic (exact) mass is 686 g/mol. The van der Waals surface area contributed by atoms with Crippen LogP contribution in [0.5, 0.6) is 23.0 Å². The lowest BCUT2D eigenvalue weighted by Gasteiger charge is -2.51. The van der Waals surface area contributed by atoms with Gasteiger partial charge in [0, 0.05) is 24.6 Å². The van der Waals surface area contributed by atoms with Crippen LogP contribution in [0.4, 0.5) is 0 Å². The molecule has 3 aromatic carbocycles. The molecule has 4 atom stereocenters.